The van der Waals surface area contributed by atoms with Gasteiger partial charge < -0.3 is 14.0 Å². The van der Waals surface area contributed by atoms with E-state index in [1.54, 1.807) is 11.8 Å². The molecule has 0 spiro atoms. The van der Waals surface area contributed by atoms with E-state index in [4.69, 9.17) is 14.5 Å². The molecule has 1 aromatic heterocycles. The topological polar surface area (TPSA) is 73.7 Å². The second kappa shape index (κ2) is 9.42. The van der Waals surface area contributed by atoms with Crippen LogP contribution >= 0.6 is 0 Å². The molecule has 0 aliphatic carbocycles. The average Bonchev–Trinajstić information content (AvgIpc) is 3.17. The van der Waals surface area contributed by atoms with Crippen LogP contribution < -0.4 is 9.64 Å². The maximum absolute atomic E-state index is 13.7. The normalized spacial score (nSPS) is 18.0. The molecule has 168 valence electrons. The van der Waals surface area contributed by atoms with Gasteiger partial charge in [0, 0.05) is 6.54 Å². The van der Waals surface area contributed by atoms with Gasteiger partial charge in [0.2, 0.25) is 11.9 Å². The quantitative estimate of drug-likeness (QED) is 0.388. The molecular formula is C25H29N3O4. The van der Waals surface area contributed by atoms with Gasteiger partial charge in [0.05, 0.1) is 30.3 Å². The molecule has 2 aromatic carbocycles. The molecule has 2 atom stereocenters. The molecule has 7 heteroatoms. The lowest BCUT2D eigenvalue weighted by Gasteiger charge is -2.38. The minimum absolute atomic E-state index is 0.209. The van der Waals surface area contributed by atoms with Crippen LogP contribution in [0.2, 0.25) is 0 Å². The highest BCUT2D eigenvalue weighted by atomic mass is 16.5. The lowest BCUT2D eigenvalue weighted by atomic mass is 9.89. The van der Waals surface area contributed by atoms with Crippen molar-refractivity contribution >= 4 is 28.9 Å². The number of esters is 1. The minimum atomic E-state index is -1.01. The van der Waals surface area contributed by atoms with Crippen LogP contribution in [0.3, 0.4) is 0 Å². The Hall–Kier alpha value is -3.35. The first-order chi connectivity index (χ1) is 15.6. The highest BCUT2D eigenvalue weighted by Crippen LogP contribution is 2.42. The highest BCUT2D eigenvalue weighted by molar-refractivity contribution is 6.08. The Bertz CT molecular complexity index is 1120. The Morgan fingerprint density at radius 2 is 1.88 bits per heavy atom. The maximum atomic E-state index is 13.7. The number of amides is 1. The number of hydrogen-bond acceptors (Lipinski definition) is 5. The Morgan fingerprint density at radius 3 is 2.62 bits per heavy atom. The van der Waals surface area contributed by atoms with Crippen LogP contribution in [0.1, 0.15) is 45.2 Å². The second-order valence-electron chi connectivity index (χ2n) is 7.79. The number of benzene rings is 2. The van der Waals surface area contributed by atoms with Gasteiger partial charge in [0.15, 0.2) is 5.92 Å². The Morgan fingerprint density at radius 1 is 1.06 bits per heavy atom. The van der Waals surface area contributed by atoms with E-state index < -0.39 is 17.9 Å². The van der Waals surface area contributed by atoms with Crippen molar-refractivity contribution in [2.75, 3.05) is 24.7 Å². The molecule has 1 aliphatic heterocycles. The molecule has 3 aromatic rings. The summed E-state index contributed by atoms with van der Waals surface area (Å²) >= 11 is 0. The fraction of sp³-hybridized carbons (Fsp3) is 0.400. The predicted molar refractivity (Wildman–Crippen MR) is 123 cm³/mol. The molecule has 0 radical (unpaired) electrons. The molecule has 0 unspecified atom stereocenters. The third kappa shape index (κ3) is 3.83. The van der Waals surface area contributed by atoms with Crippen LogP contribution in [0, 0.1) is 5.92 Å². The van der Waals surface area contributed by atoms with Crippen molar-refractivity contribution < 1.29 is 19.1 Å². The number of imidazole rings is 1. The summed E-state index contributed by atoms with van der Waals surface area (Å²) in [5, 5.41) is 0. The number of nitrogens with zero attached hydrogens (tertiary/aromatic N) is 3. The number of fused-ring (bicyclic) bond motifs is 3. The van der Waals surface area contributed by atoms with E-state index >= 15 is 0 Å². The van der Waals surface area contributed by atoms with Crippen LogP contribution in [-0.2, 0) is 14.3 Å². The maximum Gasteiger partial charge on any atom is 0.321 e. The van der Waals surface area contributed by atoms with Gasteiger partial charge in [-0.15, -0.1) is 0 Å². The molecule has 0 bridgehead atoms. The van der Waals surface area contributed by atoms with Gasteiger partial charge in [-0.3, -0.25) is 14.5 Å². The monoisotopic (exact) mass is 435 g/mol. The molecule has 0 N–H and O–H groups in total. The summed E-state index contributed by atoms with van der Waals surface area (Å²) in [6, 6.07) is 14.8. The Balaban J connectivity index is 1.96. The summed E-state index contributed by atoms with van der Waals surface area (Å²) < 4.78 is 13.1. The smallest absolute Gasteiger partial charge is 0.321 e. The minimum Gasteiger partial charge on any atom is -0.494 e. The molecule has 1 amide bonds. The van der Waals surface area contributed by atoms with Gasteiger partial charge in [-0.25, -0.2) is 4.98 Å². The van der Waals surface area contributed by atoms with E-state index in [0.29, 0.717) is 24.8 Å². The molecule has 0 saturated carbocycles. The number of para-hydroxylation sites is 2. The van der Waals surface area contributed by atoms with Crippen molar-refractivity contribution in [3.63, 3.8) is 0 Å². The molecule has 0 fully saturated rings. The van der Waals surface area contributed by atoms with Gasteiger partial charge in [-0.1, -0.05) is 37.6 Å². The summed E-state index contributed by atoms with van der Waals surface area (Å²) in [5.41, 5.74) is 2.46. The summed E-state index contributed by atoms with van der Waals surface area (Å²) in [6.07, 6.45) is 1.74. The van der Waals surface area contributed by atoms with Gasteiger partial charge in [0.25, 0.3) is 0 Å². The predicted octanol–water partition coefficient (Wildman–Crippen LogP) is 4.35. The molecule has 2 heterocycles. The summed E-state index contributed by atoms with van der Waals surface area (Å²) in [4.78, 5) is 33.3. The van der Waals surface area contributed by atoms with Crippen LogP contribution in [0.5, 0.6) is 5.75 Å². The van der Waals surface area contributed by atoms with Crippen LogP contribution in [0.4, 0.5) is 5.95 Å². The third-order valence-corrected chi connectivity index (χ3v) is 5.73. The van der Waals surface area contributed by atoms with Crippen LogP contribution in [0.25, 0.3) is 11.0 Å². The lowest BCUT2D eigenvalue weighted by molar-refractivity contribution is -0.153. The molecule has 7 nitrogen and oxygen atoms in total. The first-order valence-corrected chi connectivity index (χ1v) is 11.3. The van der Waals surface area contributed by atoms with Gasteiger partial charge >= 0.3 is 5.97 Å². The third-order valence-electron chi connectivity index (χ3n) is 5.73. The van der Waals surface area contributed by atoms with Gasteiger partial charge in [0.1, 0.15) is 5.75 Å². The Labute approximate surface area is 187 Å². The fourth-order valence-electron chi connectivity index (χ4n) is 4.33. The number of anilines is 1. The summed E-state index contributed by atoms with van der Waals surface area (Å²) in [7, 11) is 0. The van der Waals surface area contributed by atoms with E-state index in [9.17, 15) is 9.59 Å². The second-order valence-corrected chi connectivity index (χ2v) is 7.79. The zero-order valence-electron chi connectivity index (χ0n) is 18.8. The van der Waals surface area contributed by atoms with Crippen molar-refractivity contribution in [2.45, 2.75) is 39.7 Å². The first-order valence-electron chi connectivity index (χ1n) is 11.3. The van der Waals surface area contributed by atoms with Crippen LogP contribution in [0.15, 0.2) is 48.5 Å². The van der Waals surface area contributed by atoms with Gasteiger partial charge in [-0.05, 0) is 50.1 Å². The number of aromatic nitrogens is 2. The molecule has 4 rings (SSSR count). The molecule has 1 aliphatic rings. The first kappa shape index (κ1) is 21.9. The Kier molecular flexibility index (Phi) is 6.44. The number of ether oxygens (including phenoxy) is 2. The SMILES string of the molecule is CCCCN1C(=O)[C@H](C(=O)OCC)[C@H](c2cccc(OCC)c2)n2c1nc1ccccc12. The van der Waals surface area contributed by atoms with Crippen LogP contribution in [-0.4, -0.2) is 41.2 Å². The van der Waals surface area contributed by atoms with Crippen molar-refractivity contribution in [3.8, 4) is 5.75 Å². The van der Waals surface area contributed by atoms with Gasteiger partial charge in [-0.2, -0.15) is 0 Å². The number of unbranched alkanes of at least 4 members (excludes halogenated alkanes) is 1. The molecule has 32 heavy (non-hydrogen) atoms. The zero-order chi connectivity index (χ0) is 22.7. The van der Waals surface area contributed by atoms with Crippen molar-refractivity contribution in [3.05, 3.63) is 54.1 Å². The standard InChI is InChI=1S/C25H29N3O4/c1-4-7-15-27-23(29)21(24(30)32-6-3)22(17-11-10-12-18(16-17)31-5-2)28-20-14-9-8-13-19(20)26-25(27)28/h8-14,16,21-22H,4-7,15H2,1-3H3/t21-,22+/m1/s1. The number of rotatable bonds is 8. The lowest BCUT2D eigenvalue weighted by Crippen LogP contribution is -2.50. The van der Waals surface area contributed by atoms with E-state index in [0.717, 1.165) is 29.4 Å². The fourth-order valence-corrected chi connectivity index (χ4v) is 4.33. The van der Waals surface area contributed by atoms with Crippen molar-refractivity contribution in [1.29, 1.82) is 0 Å². The highest BCUT2D eigenvalue weighted by Gasteiger charge is 2.47. The molecular weight excluding hydrogens is 406 g/mol. The summed E-state index contributed by atoms with van der Waals surface area (Å²) in [5.74, 6) is -0.536. The number of carbonyl (C=O) groups excluding carboxylic acids is 2. The molecule has 0 saturated heterocycles. The van der Waals surface area contributed by atoms with E-state index in [-0.39, 0.29) is 12.5 Å². The number of carbonyl (C=O) groups is 2. The average molecular weight is 436 g/mol. The van der Waals surface area contributed by atoms with E-state index in [1.807, 2.05) is 60.0 Å². The van der Waals surface area contributed by atoms with Crippen molar-refractivity contribution in [2.24, 2.45) is 5.92 Å². The zero-order valence-corrected chi connectivity index (χ0v) is 18.8. The van der Waals surface area contributed by atoms with E-state index in [1.165, 1.54) is 0 Å². The van der Waals surface area contributed by atoms with Crippen molar-refractivity contribution in [1.82, 2.24) is 9.55 Å². The summed E-state index contributed by atoms with van der Waals surface area (Å²) in [6.45, 7) is 6.98. The van der Waals surface area contributed by atoms with E-state index in [2.05, 4.69) is 6.92 Å². The number of hydrogen-bond donors (Lipinski definition) is 0. The largest absolute Gasteiger partial charge is 0.494 e.